The maximum Gasteiger partial charge on any atom is 0.335 e. The molecule has 0 radical (unpaired) electrons. The van der Waals surface area contributed by atoms with Gasteiger partial charge in [-0.25, -0.2) is 9.59 Å². The number of carboxylic acids is 2. The van der Waals surface area contributed by atoms with Crippen LogP contribution < -0.4 is 5.32 Å². The Morgan fingerprint density at radius 3 is 1.27 bits per heavy atom. The van der Waals surface area contributed by atoms with Gasteiger partial charge in [0.05, 0.1) is 11.1 Å². The molecular formula is C10H13NO4. The van der Waals surface area contributed by atoms with Crippen LogP contribution >= 0.6 is 0 Å². The van der Waals surface area contributed by atoms with Gasteiger partial charge in [0.15, 0.2) is 0 Å². The lowest BCUT2D eigenvalue weighted by Crippen LogP contribution is -1.99. The zero-order valence-electron chi connectivity index (χ0n) is 8.52. The number of benzene rings is 1. The Bertz CT molecular complexity index is 299. The van der Waals surface area contributed by atoms with E-state index in [9.17, 15) is 9.59 Å². The van der Waals surface area contributed by atoms with Crippen LogP contribution in [0, 0.1) is 0 Å². The van der Waals surface area contributed by atoms with E-state index in [2.05, 4.69) is 5.32 Å². The SMILES string of the molecule is CNC.O=C(O)c1ccc(C(=O)O)cc1. The Hall–Kier alpha value is -1.88. The topological polar surface area (TPSA) is 86.6 Å². The van der Waals surface area contributed by atoms with Crippen LogP contribution in [-0.2, 0) is 0 Å². The fraction of sp³-hybridized carbons (Fsp3) is 0.200. The third-order valence-electron chi connectivity index (χ3n) is 1.38. The molecule has 1 aromatic rings. The Kier molecular flexibility index (Phi) is 5.73. The number of hydrogen-bond acceptors (Lipinski definition) is 3. The Balaban J connectivity index is 0.000000583. The summed E-state index contributed by atoms with van der Waals surface area (Å²) in [6.45, 7) is 0. The highest BCUT2D eigenvalue weighted by Crippen LogP contribution is 2.03. The maximum atomic E-state index is 10.3. The van der Waals surface area contributed by atoms with E-state index in [1.165, 1.54) is 24.3 Å². The first-order valence-corrected chi connectivity index (χ1v) is 4.18. The van der Waals surface area contributed by atoms with Crippen molar-refractivity contribution in [1.82, 2.24) is 5.32 Å². The van der Waals surface area contributed by atoms with E-state index >= 15 is 0 Å². The van der Waals surface area contributed by atoms with Crippen molar-refractivity contribution < 1.29 is 19.8 Å². The van der Waals surface area contributed by atoms with Gasteiger partial charge in [0.1, 0.15) is 0 Å². The van der Waals surface area contributed by atoms with Crippen LogP contribution in [-0.4, -0.2) is 36.2 Å². The molecule has 1 rings (SSSR count). The highest BCUT2D eigenvalue weighted by atomic mass is 16.4. The molecule has 0 aliphatic carbocycles. The molecule has 5 nitrogen and oxygen atoms in total. The predicted octanol–water partition coefficient (Wildman–Crippen LogP) is 0.919. The molecule has 0 unspecified atom stereocenters. The van der Waals surface area contributed by atoms with E-state index in [0.717, 1.165) is 0 Å². The highest BCUT2D eigenvalue weighted by molar-refractivity contribution is 5.91. The van der Waals surface area contributed by atoms with E-state index in [4.69, 9.17) is 10.2 Å². The largest absolute Gasteiger partial charge is 0.478 e. The molecule has 3 N–H and O–H groups in total. The zero-order valence-corrected chi connectivity index (χ0v) is 8.52. The second-order valence-electron chi connectivity index (χ2n) is 2.69. The Morgan fingerprint density at radius 1 is 0.933 bits per heavy atom. The van der Waals surface area contributed by atoms with Crippen LogP contribution in [0.2, 0.25) is 0 Å². The normalized spacial score (nSPS) is 8.67. The molecule has 0 saturated heterocycles. The van der Waals surface area contributed by atoms with E-state index in [1.54, 1.807) is 0 Å². The lowest BCUT2D eigenvalue weighted by Gasteiger charge is -1.94. The van der Waals surface area contributed by atoms with Crippen molar-refractivity contribution in [2.24, 2.45) is 0 Å². The molecular weight excluding hydrogens is 198 g/mol. The maximum absolute atomic E-state index is 10.3. The molecule has 0 aromatic heterocycles. The average molecular weight is 211 g/mol. The summed E-state index contributed by atoms with van der Waals surface area (Å²) >= 11 is 0. The molecule has 0 atom stereocenters. The minimum Gasteiger partial charge on any atom is -0.478 e. The molecule has 15 heavy (non-hydrogen) atoms. The lowest BCUT2D eigenvalue weighted by molar-refractivity contribution is 0.0681. The van der Waals surface area contributed by atoms with Crippen LogP contribution in [0.4, 0.5) is 0 Å². The molecule has 1 aromatic carbocycles. The van der Waals surface area contributed by atoms with E-state index in [-0.39, 0.29) is 11.1 Å². The van der Waals surface area contributed by atoms with Crippen LogP contribution in [0.1, 0.15) is 20.7 Å². The number of hydrogen-bond donors (Lipinski definition) is 3. The smallest absolute Gasteiger partial charge is 0.335 e. The third-order valence-corrected chi connectivity index (χ3v) is 1.38. The van der Waals surface area contributed by atoms with Gasteiger partial charge in [0.25, 0.3) is 0 Å². The standard InChI is InChI=1S/C8H6O4.C2H7N/c9-7(10)5-1-2-6(4-3-5)8(11)12;1-3-2/h1-4H,(H,9,10)(H,11,12);3H,1-2H3. The van der Waals surface area contributed by atoms with Crippen LogP contribution in [0.25, 0.3) is 0 Å². The van der Waals surface area contributed by atoms with Crippen LogP contribution in [0.15, 0.2) is 24.3 Å². The minimum absolute atomic E-state index is 0.0833. The molecule has 0 aliphatic heterocycles. The van der Waals surface area contributed by atoms with Gasteiger partial charge in [-0.05, 0) is 38.4 Å². The van der Waals surface area contributed by atoms with Gasteiger partial charge in [0.2, 0.25) is 0 Å². The van der Waals surface area contributed by atoms with Gasteiger partial charge < -0.3 is 15.5 Å². The average Bonchev–Trinajstić information content (AvgIpc) is 2.19. The summed E-state index contributed by atoms with van der Waals surface area (Å²) in [6, 6.07) is 5.02. The summed E-state index contributed by atoms with van der Waals surface area (Å²) < 4.78 is 0. The molecule has 0 spiro atoms. The first kappa shape index (κ1) is 13.1. The summed E-state index contributed by atoms with van der Waals surface area (Å²) in [7, 11) is 3.75. The number of aromatic carboxylic acids is 2. The summed E-state index contributed by atoms with van der Waals surface area (Å²) in [4.78, 5) is 20.7. The van der Waals surface area contributed by atoms with Gasteiger partial charge in [0, 0.05) is 0 Å². The predicted molar refractivity (Wildman–Crippen MR) is 55.3 cm³/mol. The van der Waals surface area contributed by atoms with E-state index in [0.29, 0.717) is 0 Å². The number of rotatable bonds is 2. The molecule has 82 valence electrons. The highest BCUT2D eigenvalue weighted by Gasteiger charge is 2.04. The van der Waals surface area contributed by atoms with Crippen LogP contribution in [0.3, 0.4) is 0 Å². The first-order chi connectivity index (χ1) is 7.02. The summed E-state index contributed by atoms with van der Waals surface area (Å²) in [6.07, 6.45) is 0. The van der Waals surface area contributed by atoms with E-state index in [1.807, 2.05) is 14.1 Å². The quantitative estimate of drug-likeness (QED) is 0.677. The zero-order chi connectivity index (χ0) is 11.8. The van der Waals surface area contributed by atoms with Crippen molar-refractivity contribution in [3.63, 3.8) is 0 Å². The van der Waals surface area contributed by atoms with Crippen molar-refractivity contribution in [1.29, 1.82) is 0 Å². The minimum atomic E-state index is -1.06. The summed E-state index contributed by atoms with van der Waals surface area (Å²) in [5, 5.41) is 19.7. The van der Waals surface area contributed by atoms with E-state index < -0.39 is 11.9 Å². The van der Waals surface area contributed by atoms with Gasteiger partial charge >= 0.3 is 11.9 Å². The van der Waals surface area contributed by atoms with Gasteiger partial charge in [-0.3, -0.25) is 0 Å². The molecule has 0 heterocycles. The van der Waals surface area contributed by atoms with Crippen molar-refractivity contribution in [2.45, 2.75) is 0 Å². The number of carboxylic acid groups (broad SMARTS) is 2. The van der Waals surface area contributed by atoms with Crippen molar-refractivity contribution in [3.8, 4) is 0 Å². The molecule has 0 bridgehead atoms. The molecule has 0 amide bonds. The Morgan fingerprint density at radius 2 is 1.13 bits per heavy atom. The molecule has 0 aliphatic rings. The van der Waals surface area contributed by atoms with Gasteiger partial charge in [-0.15, -0.1) is 0 Å². The summed E-state index contributed by atoms with van der Waals surface area (Å²) in [5.41, 5.74) is 0.167. The fourth-order valence-corrected chi connectivity index (χ4v) is 0.755. The van der Waals surface area contributed by atoms with Gasteiger partial charge in [-0.2, -0.15) is 0 Å². The third kappa shape index (κ3) is 4.78. The fourth-order valence-electron chi connectivity index (χ4n) is 0.755. The summed E-state index contributed by atoms with van der Waals surface area (Å²) in [5.74, 6) is -2.13. The monoisotopic (exact) mass is 211 g/mol. The lowest BCUT2D eigenvalue weighted by atomic mass is 10.1. The molecule has 5 heteroatoms. The number of nitrogens with one attached hydrogen (secondary N) is 1. The second-order valence-corrected chi connectivity index (χ2v) is 2.69. The molecule has 0 saturated carbocycles. The molecule has 0 fully saturated rings. The number of carbonyl (C=O) groups is 2. The van der Waals surface area contributed by atoms with Crippen molar-refractivity contribution in [2.75, 3.05) is 14.1 Å². The first-order valence-electron chi connectivity index (χ1n) is 4.18. The van der Waals surface area contributed by atoms with Gasteiger partial charge in [-0.1, -0.05) is 0 Å². The van der Waals surface area contributed by atoms with Crippen molar-refractivity contribution >= 4 is 11.9 Å². The van der Waals surface area contributed by atoms with Crippen LogP contribution in [0.5, 0.6) is 0 Å². The Labute approximate surface area is 87.4 Å². The second kappa shape index (κ2) is 6.56. The van der Waals surface area contributed by atoms with Crippen molar-refractivity contribution in [3.05, 3.63) is 35.4 Å².